The van der Waals surface area contributed by atoms with E-state index in [4.69, 9.17) is 16.7 Å². The van der Waals surface area contributed by atoms with Gasteiger partial charge in [0, 0.05) is 18.3 Å². The number of benzene rings is 1. The maximum Gasteiger partial charge on any atom is 0.282 e. The van der Waals surface area contributed by atoms with Gasteiger partial charge in [0.2, 0.25) is 5.91 Å². The first-order valence-electron chi connectivity index (χ1n) is 13.0. The number of hydrogen-bond acceptors (Lipinski definition) is 6. The summed E-state index contributed by atoms with van der Waals surface area (Å²) in [5.74, 6) is -2.12. The van der Waals surface area contributed by atoms with Crippen LogP contribution in [0.4, 0.5) is 20.3 Å². The predicted molar refractivity (Wildman–Crippen MR) is 140 cm³/mol. The quantitative estimate of drug-likeness (QED) is 0.549. The van der Waals surface area contributed by atoms with Crippen LogP contribution in [-0.2, 0) is 15.6 Å². The maximum atomic E-state index is 13.8. The summed E-state index contributed by atoms with van der Waals surface area (Å²) >= 11 is 6.51. The van der Waals surface area contributed by atoms with E-state index in [-0.39, 0.29) is 30.1 Å². The van der Waals surface area contributed by atoms with Crippen LogP contribution in [0.2, 0.25) is 5.02 Å². The van der Waals surface area contributed by atoms with Gasteiger partial charge in [0.1, 0.15) is 17.4 Å². The molecule has 4 aliphatic rings. The molecule has 8 nitrogen and oxygen atoms in total. The Kier molecular flexibility index (Phi) is 6.18. The molecule has 1 amide bonds. The van der Waals surface area contributed by atoms with Gasteiger partial charge in [0.25, 0.3) is 5.92 Å². The molecule has 12 heteroatoms. The molecule has 6 rings (SSSR count). The minimum Gasteiger partial charge on any atom is -0.359 e. The lowest BCUT2D eigenvalue weighted by Crippen LogP contribution is -2.56. The summed E-state index contributed by atoms with van der Waals surface area (Å²) in [6, 6.07) is 8.74. The van der Waals surface area contributed by atoms with E-state index < -0.39 is 33.6 Å². The molecule has 3 heterocycles. The number of nitriles is 1. The predicted octanol–water partition coefficient (Wildman–Crippen LogP) is 3.95. The molecule has 2 aromatic rings. The first-order valence-corrected chi connectivity index (χ1v) is 14.6. The van der Waals surface area contributed by atoms with Crippen LogP contribution in [0.5, 0.6) is 0 Å². The van der Waals surface area contributed by atoms with Crippen molar-refractivity contribution in [1.82, 2.24) is 15.1 Å². The molecule has 1 unspecified atom stereocenters. The molecule has 2 saturated heterocycles. The van der Waals surface area contributed by atoms with Gasteiger partial charge in [-0.3, -0.25) is 9.00 Å². The van der Waals surface area contributed by atoms with Gasteiger partial charge in [0.05, 0.1) is 56.9 Å². The second kappa shape index (κ2) is 9.19. The number of amides is 1. The summed E-state index contributed by atoms with van der Waals surface area (Å²) < 4.78 is 42.4. The smallest absolute Gasteiger partial charge is 0.282 e. The van der Waals surface area contributed by atoms with E-state index in [0.29, 0.717) is 36.4 Å². The lowest BCUT2D eigenvalue weighted by atomic mass is 9.93. The molecule has 0 radical (unpaired) electrons. The molecule has 202 valence electrons. The Morgan fingerprint density at radius 3 is 2.58 bits per heavy atom. The Morgan fingerprint density at radius 2 is 2.00 bits per heavy atom. The monoisotopic (exact) mass is 562 g/mol. The van der Waals surface area contributed by atoms with Gasteiger partial charge in [-0.15, -0.1) is 0 Å². The lowest BCUT2D eigenvalue weighted by Gasteiger charge is -2.40. The topological polar surface area (TPSA) is 94.3 Å². The van der Waals surface area contributed by atoms with Gasteiger partial charge in [-0.2, -0.15) is 10.4 Å². The first kappa shape index (κ1) is 25.6. The third-order valence-electron chi connectivity index (χ3n) is 8.09. The molecule has 0 bridgehead atoms. The number of anilines is 2. The van der Waals surface area contributed by atoms with E-state index in [1.165, 1.54) is 4.90 Å². The highest BCUT2D eigenvalue weighted by atomic mass is 35.5. The fraction of sp³-hybridized carbons (Fsp3) is 0.577. The second-order valence-electron chi connectivity index (χ2n) is 11.0. The van der Waals surface area contributed by atoms with Crippen LogP contribution in [0, 0.1) is 18.3 Å². The van der Waals surface area contributed by atoms with Gasteiger partial charge in [-0.05, 0) is 63.6 Å². The molecule has 38 heavy (non-hydrogen) atoms. The van der Waals surface area contributed by atoms with E-state index >= 15 is 0 Å². The van der Waals surface area contributed by atoms with Crippen LogP contribution < -0.4 is 15.1 Å². The Hall–Kier alpha value is -2.71. The van der Waals surface area contributed by atoms with Crippen LogP contribution in [0.3, 0.4) is 0 Å². The number of aromatic nitrogens is 2. The second-order valence-corrected chi connectivity index (χ2v) is 13.1. The van der Waals surface area contributed by atoms with Crippen LogP contribution in [0.1, 0.15) is 50.3 Å². The molecular weight excluding hydrogens is 534 g/mol. The van der Waals surface area contributed by atoms with Gasteiger partial charge >= 0.3 is 0 Å². The fourth-order valence-corrected chi connectivity index (χ4v) is 7.37. The first-order chi connectivity index (χ1) is 18.1. The minimum atomic E-state index is -2.70. The summed E-state index contributed by atoms with van der Waals surface area (Å²) in [5, 5.41) is 17.0. The van der Waals surface area contributed by atoms with Crippen molar-refractivity contribution in [2.75, 3.05) is 29.4 Å². The Labute approximate surface area is 227 Å². The van der Waals surface area contributed by atoms with E-state index in [9.17, 15) is 23.0 Å². The van der Waals surface area contributed by atoms with Gasteiger partial charge in [-0.25, -0.2) is 13.5 Å². The molecule has 3 atom stereocenters. The van der Waals surface area contributed by atoms with E-state index in [1.807, 2.05) is 22.6 Å². The molecule has 1 N–H and O–H groups in total. The molecule has 4 fully saturated rings. The Morgan fingerprint density at radius 1 is 1.26 bits per heavy atom. The highest BCUT2D eigenvalue weighted by Gasteiger charge is 2.49. The number of rotatable bonds is 7. The van der Waals surface area contributed by atoms with Crippen molar-refractivity contribution in [3.05, 3.63) is 35.0 Å². The Bertz CT molecular complexity index is 1340. The number of alkyl halides is 2. The van der Waals surface area contributed by atoms with E-state index in [1.54, 1.807) is 18.2 Å². The molecule has 0 spiro atoms. The van der Waals surface area contributed by atoms with Crippen molar-refractivity contribution in [3.8, 4) is 6.07 Å². The van der Waals surface area contributed by atoms with Crippen molar-refractivity contribution in [1.29, 1.82) is 5.26 Å². The van der Waals surface area contributed by atoms with Crippen molar-refractivity contribution >= 4 is 39.8 Å². The largest absolute Gasteiger partial charge is 0.359 e. The molecule has 2 saturated carbocycles. The zero-order chi connectivity index (χ0) is 26.8. The number of carbonyl (C=O) groups is 1. The summed E-state index contributed by atoms with van der Waals surface area (Å²) in [5.41, 5.74) is 0.608. The highest BCUT2D eigenvalue weighted by molar-refractivity contribution is 7.85. The van der Waals surface area contributed by atoms with Crippen molar-refractivity contribution < 1.29 is 17.8 Å². The summed E-state index contributed by atoms with van der Waals surface area (Å²) in [7, 11) is -1.55. The van der Waals surface area contributed by atoms with Gasteiger partial charge in [-0.1, -0.05) is 11.6 Å². The third kappa shape index (κ3) is 4.56. The van der Waals surface area contributed by atoms with E-state index in [2.05, 4.69) is 11.4 Å². The summed E-state index contributed by atoms with van der Waals surface area (Å²) in [6.07, 6.45) is 4.76. The average Bonchev–Trinajstić information content (AvgIpc) is 3.28. The maximum absolute atomic E-state index is 13.8. The number of nitrogens with zero attached hydrogens (tertiary/aromatic N) is 5. The Balaban J connectivity index is 1.26. The van der Waals surface area contributed by atoms with Crippen LogP contribution in [0.25, 0.3) is 0 Å². The lowest BCUT2D eigenvalue weighted by molar-refractivity contribution is -0.122. The number of aryl methyl sites for hydroxylation is 1. The standard InChI is InChI=1S/C26H29ClF2N6O2S/c1-16-9-23(35(32-16)17-3-2-4-17)34-12-19(11-21(34)24(36)31-25(13-30)7-8-25)38(37)22-6-5-18(10-20(22)27)33-14-26(28,29)15-33/h5-6,9-10,17,19,21H,2-4,7-8,11-12,14-15H2,1H3,(H,31,36)/t19-,21+,38?/m1/s1. The molecule has 2 aliphatic carbocycles. The summed E-state index contributed by atoms with van der Waals surface area (Å²) in [6.45, 7) is 1.55. The van der Waals surface area contributed by atoms with Crippen molar-refractivity contribution in [3.63, 3.8) is 0 Å². The van der Waals surface area contributed by atoms with Gasteiger partial charge in [0.15, 0.2) is 0 Å². The summed E-state index contributed by atoms with van der Waals surface area (Å²) in [4.78, 5) is 17.4. The molecule has 1 aromatic carbocycles. The van der Waals surface area contributed by atoms with Crippen LogP contribution >= 0.6 is 11.6 Å². The zero-order valence-electron chi connectivity index (χ0n) is 21.0. The van der Waals surface area contributed by atoms with Crippen LogP contribution in [0.15, 0.2) is 29.2 Å². The van der Waals surface area contributed by atoms with E-state index in [0.717, 1.165) is 30.8 Å². The highest BCUT2D eigenvalue weighted by Crippen LogP contribution is 2.41. The zero-order valence-corrected chi connectivity index (χ0v) is 22.6. The van der Waals surface area contributed by atoms with Crippen LogP contribution in [-0.4, -0.2) is 62.3 Å². The normalized spacial score (nSPS) is 26.3. The SMILES string of the molecule is Cc1cc(N2C[C@H](S(=O)c3ccc(N4CC(F)(F)C4)cc3Cl)C[C@H]2C(=O)NC2(C#N)CC2)n(C2CCC2)n1. The average molecular weight is 563 g/mol. The minimum absolute atomic E-state index is 0.247. The number of halogens is 3. The number of carbonyl (C=O) groups excluding carboxylic acids is 1. The van der Waals surface area contributed by atoms with Gasteiger partial charge < -0.3 is 15.1 Å². The molecular formula is C26H29ClF2N6O2S. The fourth-order valence-electron chi connectivity index (χ4n) is 5.50. The van der Waals surface area contributed by atoms with Crippen molar-refractivity contribution in [2.45, 2.75) is 79.1 Å². The number of nitrogens with one attached hydrogen (secondary N) is 1. The number of hydrogen-bond donors (Lipinski definition) is 1. The third-order valence-corrected chi connectivity index (χ3v) is 10.3. The van der Waals surface area contributed by atoms with Crippen molar-refractivity contribution in [2.24, 2.45) is 0 Å². The molecule has 2 aliphatic heterocycles. The molecule has 1 aromatic heterocycles.